The van der Waals surface area contributed by atoms with Gasteiger partial charge in [-0.25, -0.2) is 9.97 Å². The molecule has 0 atom stereocenters. The predicted octanol–water partition coefficient (Wildman–Crippen LogP) is 1.02. The predicted molar refractivity (Wildman–Crippen MR) is 54.7 cm³/mol. The molecule has 0 radical (unpaired) electrons. The van der Waals surface area contributed by atoms with Crippen LogP contribution in [-0.2, 0) is 10.2 Å². The Morgan fingerprint density at radius 2 is 2.07 bits per heavy atom. The minimum atomic E-state index is -0.449. The smallest absolute Gasteiger partial charge is 0.233 e. The van der Waals surface area contributed by atoms with Gasteiger partial charge < -0.3 is 5.32 Å². The van der Waals surface area contributed by atoms with Gasteiger partial charge in [0, 0.05) is 19.4 Å². The molecule has 2 rings (SSSR count). The van der Waals surface area contributed by atoms with Gasteiger partial charge in [0.25, 0.3) is 0 Å². The number of hydrogen-bond donors (Lipinski definition) is 1. The van der Waals surface area contributed by atoms with Crippen LogP contribution in [0.2, 0.25) is 0 Å². The van der Waals surface area contributed by atoms with E-state index in [0.717, 1.165) is 17.3 Å². The molecule has 1 saturated carbocycles. The van der Waals surface area contributed by atoms with E-state index < -0.39 is 5.41 Å². The summed E-state index contributed by atoms with van der Waals surface area (Å²) in [4.78, 5) is 19.9. The summed E-state index contributed by atoms with van der Waals surface area (Å²) < 4.78 is 0.828. The standard InChI is InChI=1S/C9H10BrN3O/c1-11-8(14)9(2-3-9)7-12-4-6(10)5-13-7/h4-5H,2-3H2,1H3,(H,11,14). The van der Waals surface area contributed by atoms with Gasteiger partial charge >= 0.3 is 0 Å². The molecule has 1 N–H and O–H groups in total. The number of likely N-dealkylation sites (N-methyl/N-ethyl adjacent to an activating group) is 1. The van der Waals surface area contributed by atoms with Gasteiger partial charge in [-0.05, 0) is 28.8 Å². The lowest BCUT2D eigenvalue weighted by molar-refractivity contribution is -0.123. The fraction of sp³-hybridized carbons (Fsp3) is 0.444. The Bertz CT molecular complexity index is 359. The molecule has 0 saturated heterocycles. The summed E-state index contributed by atoms with van der Waals surface area (Å²) in [6.45, 7) is 0. The molecule has 1 aromatic rings. The summed E-state index contributed by atoms with van der Waals surface area (Å²) in [5.41, 5.74) is -0.449. The molecule has 14 heavy (non-hydrogen) atoms. The van der Waals surface area contributed by atoms with Crippen molar-refractivity contribution in [3.05, 3.63) is 22.7 Å². The summed E-state index contributed by atoms with van der Waals surface area (Å²) in [5, 5.41) is 2.65. The van der Waals surface area contributed by atoms with E-state index in [9.17, 15) is 4.79 Å². The monoisotopic (exact) mass is 255 g/mol. The lowest BCUT2D eigenvalue weighted by Crippen LogP contribution is -2.33. The third-order valence-electron chi connectivity index (χ3n) is 2.46. The van der Waals surface area contributed by atoms with Crippen LogP contribution in [0.4, 0.5) is 0 Å². The van der Waals surface area contributed by atoms with Gasteiger partial charge in [-0.2, -0.15) is 0 Å². The molecule has 1 aliphatic rings. The number of hydrogen-bond acceptors (Lipinski definition) is 3. The van der Waals surface area contributed by atoms with Crippen molar-refractivity contribution in [3.63, 3.8) is 0 Å². The molecule has 1 fully saturated rings. The van der Waals surface area contributed by atoms with Crippen molar-refractivity contribution < 1.29 is 4.79 Å². The highest BCUT2D eigenvalue weighted by molar-refractivity contribution is 9.10. The van der Waals surface area contributed by atoms with Crippen molar-refractivity contribution in [1.82, 2.24) is 15.3 Å². The van der Waals surface area contributed by atoms with E-state index >= 15 is 0 Å². The van der Waals surface area contributed by atoms with Crippen molar-refractivity contribution in [2.75, 3.05) is 7.05 Å². The van der Waals surface area contributed by atoms with E-state index in [1.165, 1.54) is 0 Å². The van der Waals surface area contributed by atoms with Crippen LogP contribution in [0.3, 0.4) is 0 Å². The zero-order valence-electron chi connectivity index (χ0n) is 7.75. The Hall–Kier alpha value is -0.970. The molecule has 1 aromatic heterocycles. The van der Waals surface area contributed by atoms with Gasteiger partial charge in [-0.15, -0.1) is 0 Å². The first-order valence-electron chi connectivity index (χ1n) is 4.39. The normalized spacial score (nSPS) is 17.6. The van der Waals surface area contributed by atoms with Crippen LogP contribution < -0.4 is 5.32 Å². The minimum Gasteiger partial charge on any atom is -0.358 e. The quantitative estimate of drug-likeness (QED) is 0.859. The maximum Gasteiger partial charge on any atom is 0.233 e. The van der Waals surface area contributed by atoms with Gasteiger partial charge in [0.2, 0.25) is 5.91 Å². The first-order valence-corrected chi connectivity index (χ1v) is 5.18. The van der Waals surface area contributed by atoms with Crippen LogP contribution >= 0.6 is 15.9 Å². The van der Waals surface area contributed by atoms with Gasteiger partial charge in [-0.3, -0.25) is 4.79 Å². The Kier molecular flexibility index (Phi) is 2.26. The second kappa shape index (κ2) is 3.31. The lowest BCUT2D eigenvalue weighted by atomic mass is 10.1. The third-order valence-corrected chi connectivity index (χ3v) is 2.87. The number of amides is 1. The highest BCUT2D eigenvalue weighted by Gasteiger charge is 2.53. The summed E-state index contributed by atoms with van der Waals surface area (Å²) in [6.07, 6.45) is 5.03. The number of carbonyl (C=O) groups is 1. The van der Waals surface area contributed by atoms with E-state index in [-0.39, 0.29) is 5.91 Å². The minimum absolute atomic E-state index is 0.0137. The molecule has 1 amide bonds. The van der Waals surface area contributed by atoms with Crippen molar-refractivity contribution in [2.45, 2.75) is 18.3 Å². The Morgan fingerprint density at radius 3 is 2.50 bits per heavy atom. The average Bonchev–Trinajstić information content (AvgIpc) is 2.99. The van der Waals surface area contributed by atoms with Crippen LogP contribution in [-0.4, -0.2) is 22.9 Å². The molecule has 0 unspecified atom stereocenters. The maximum absolute atomic E-state index is 11.6. The third kappa shape index (κ3) is 1.41. The zero-order chi connectivity index (χ0) is 10.2. The van der Waals surface area contributed by atoms with Crippen molar-refractivity contribution >= 4 is 21.8 Å². The summed E-state index contributed by atoms with van der Waals surface area (Å²) >= 11 is 3.26. The topological polar surface area (TPSA) is 54.9 Å². The SMILES string of the molecule is CNC(=O)C1(c2ncc(Br)cn2)CC1. The Labute approximate surface area is 90.3 Å². The lowest BCUT2D eigenvalue weighted by Gasteiger charge is -2.10. The average molecular weight is 256 g/mol. The van der Waals surface area contributed by atoms with Crippen LogP contribution in [0.1, 0.15) is 18.7 Å². The maximum atomic E-state index is 11.6. The number of carbonyl (C=O) groups excluding carboxylic acids is 1. The van der Waals surface area contributed by atoms with E-state index in [4.69, 9.17) is 0 Å². The van der Waals surface area contributed by atoms with E-state index in [1.807, 2.05) is 0 Å². The summed E-state index contributed by atoms with van der Waals surface area (Å²) in [7, 11) is 1.64. The molecule has 0 bridgehead atoms. The summed E-state index contributed by atoms with van der Waals surface area (Å²) in [5.74, 6) is 0.639. The number of nitrogens with one attached hydrogen (secondary N) is 1. The molecule has 1 aliphatic carbocycles. The molecular weight excluding hydrogens is 246 g/mol. The molecule has 74 valence electrons. The molecule has 5 heteroatoms. The highest BCUT2D eigenvalue weighted by Crippen LogP contribution is 2.46. The molecule has 4 nitrogen and oxygen atoms in total. The van der Waals surface area contributed by atoms with Gasteiger partial charge in [0.15, 0.2) is 0 Å². The van der Waals surface area contributed by atoms with Gasteiger partial charge in [0.1, 0.15) is 11.2 Å². The molecule has 1 heterocycles. The van der Waals surface area contributed by atoms with Crippen LogP contribution in [0.15, 0.2) is 16.9 Å². The second-order valence-electron chi connectivity index (χ2n) is 3.39. The van der Waals surface area contributed by atoms with Gasteiger partial charge in [-0.1, -0.05) is 0 Å². The first kappa shape index (κ1) is 9.58. The fourth-order valence-electron chi connectivity index (χ4n) is 1.48. The van der Waals surface area contributed by atoms with Gasteiger partial charge in [0.05, 0.1) is 4.47 Å². The fourth-order valence-corrected chi connectivity index (χ4v) is 1.68. The van der Waals surface area contributed by atoms with Crippen molar-refractivity contribution in [3.8, 4) is 0 Å². The summed E-state index contributed by atoms with van der Waals surface area (Å²) in [6, 6.07) is 0. The van der Waals surface area contributed by atoms with E-state index in [1.54, 1.807) is 19.4 Å². The largest absolute Gasteiger partial charge is 0.358 e. The molecular formula is C9H10BrN3O. The van der Waals surface area contributed by atoms with Crippen LogP contribution in [0, 0.1) is 0 Å². The highest BCUT2D eigenvalue weighted by atomic mass is 79.9. The van der Waals surface area contributed by atoms with E-state index in [2.05, 4.69) is 31.2 Å². The Balaban J connectivity index is 2.31. The number of aromatic nitrogens is 2. The Morgan fingerprint density at radius 1 is 1.50 bits per heavy atom. The molecule has 0 spiro atoms. The number of halogens is 1. The van der Waals surface area contributed by atoms with E-state index in [0.29, 0.717) is 5.82 Å². The van der Waals surface area contributed by atoms with Crippen LogP contribution in [0.25, 0.3) is 0 Å². The second-order valence-corrected chi connectivity index (χ2v) is 4.30. The van der Waals surface area contributed by atoms with Crippen LogP contribution in [0.5, 0.6) is 0 Å². The van der Waals surface area contributed by atoms with Crippen molar-refractivity contribution in [1.29, 1.82) is 0 Å². The first-order chi connectivity index (χ1) is 6.69. The number of rotatable bonds is 2. The molecule has 0 aromatic carbocycles. The number of nitrogens with zero attached hydrogens (tertiary/aromatic N) is 2. The molecule has 0 aliphatic heterocycles. The van der Waals surface area contributed by atoms with Crippen molar-refractivity contribution in [2.24, 2.45) is 0 Å². The zero-order valence-corrected chi connectivity index (χ0v) is 9.34.